The Hall–Kier alpha value is -0.796. The Morgan fingerprint density at radius 3 is 2.15 bits per heavy atom. The Morgan fingerprint density at radius 2 is 1.65 bits per heavy atom. The molecule has 0 amide bonds. The molecule has 4 atom stereocenters. The van der Waals surface area contributed by atoms with Crippen LogP contribution in [0.2, 0.25) is 22.2 Å². The van der Waals surface area contributed by atoms with E-state index in [1.807, 2.05) is 0 Å². The van der Waals surface area contributed by atoms with Crippen LogP contribution in [0.4, 0.5) is 0 Å². The molecule has 3 heterocycles. The number of nitrogens with one attached hydrogen (secondary N) is 1. The summed E-state index contributed by atoms with van der Waals surface area (Å²) in [6, 6.07) is 1.17. The molecule has 194 valence electrons. The lowest BCUT2D eigenvalue weighted by Crippen LogP contribution is -2.66. The molecule has 0 saturated carbocycles. The molecule has 0 spiro atoms. The minimum Gasteiger partial charge on any atom is -0.414 e. The first kappa shape index (κ1) is 27.8. The number of aromatic nitrogens is 2. The fourth-order valence-corrected chi connectivity index (χ4v) is 16.6. The fraction of sp³-hybridized carbons (Fsp3) is 0.818. The molecule has 12 heteroatoms. The quantitative estimate of drug-likeness (QED) is 0.417. The molecule has 9 nitrogen and oxygen atoms in total. The molecule has 0 bridgehead atoms. The van der Waals surface area contributed by atoms with E-state index in [0.717, 1.165) is 0 Å². The molecule has 0 aliphatic carbocycles. The van der Waals surface area contributed by atoms with Crippen molar-refractivity contribution in [3.63, 3.8) is 0 Å². The van der Waals surface area contributed by atoms with Gasteiger partial charge in [0.1, 0.15) is 24.4 Å². The molecule has 1 unspecified atom stereocenters. The molecule has 34 heavy (non-hydrogen) atoms. The van der Waals surface area contributed by atoms with Gasteiger partial charge in [0, 0.05) is 12.3 Å². The summed E-state index contributed by atoms with van der Waals surface area (Å²) in [6.45, 7) is 17.4. The summed E-state index contributed by atoms with van der Waals surface area (Å²) in [5, 5.41) is 0. The van der Waals surface area contributed by atoms with Crippen molar-refractivity contribution in [2.24, 2.45) is 0 Å². The average molecular weight is 535 g/mol. The molecular weight excluding hydrogens is 496 g/mol. The molecule has 0 radical (unpaired) electrons. The molecule has 1 aromatic heterocycles. The van der Waals surface area contributed by atoms with E-state index in [4.69, 9.17) is 34.0 Å². The van der Waals surface area contributed by atoms with Crippen molar-refractivity contribution in [3.8, 4) is 0 Å². The number of nitrogens with zero attached hydrogens (tertiary/aromatic N) is 1. The van der Waals surface area contributed by atoms with Crippen LogP contribution in [-0.4, -0.2) is 57.7 Å². The van der Waals surface area contributed by atoms with Gasteiger partial charge in [0.15, 0.2) is 6.23 Å². The smallest absolute Gasteiger partial charge is 0.335 e. The van der Waals surface area contributed by atoms with Gasteiger partial charge >= 0.3 is 22.8 Å². The van der Waals surface area contributed by atoms with Crippen LogP contribution in [0.5, 0.6) is 0 Å². The second-order valence-electron chi connectivity index (χ2n) is 10.4. The molecule has 1 N–H and O–H groups in total. The Bertz CT molecular complexity index is 936. The van der Waals surface area contributed by atoms with Crippen LogP contribution in [0.25, 0.3) is 0 Å². The van der Waals surface area contributed by atoms with Gasteiger partial charge in [-0.1, -0.05) is 67.0 Å². The first-order valence-corrected chi connectivity index (χ1v) is 16.5. The van der Waals surface area contributed by atoms with E-state index in [9.17, 15) is 9.59 Å². The Labute approximate surface area is 208 Å². The lowest BCUT2D eigenvalue weighted by Gasteiger charge is -2.51. The number of hydrogen-bond acceptors (Lipinski definition) is 7. The number of fused-ring (bicyclic) bond motifs is 1. The number of halogens is 1. The third kappa shape index (κ3) is 4.90. The minimum absolute atomic E-state index is 0.106. The number of ether oxygens (including phenoxy) is 2. The van der Waals surface area contributed by atoms with Gasteiger partial charge in [-0.2, -0.15) is 0 Å². The zero-order chi connectivity index (χ0) is 25.4. The van der Waals surface area contributed by atoms with E-state index in [1.165, 1.54) is 16.8 Å². The number of alkyl halides is 1. The van der Waals surface area contributed by atoms with Crippen molar-refractivity contribution in [3.05, 3.63) is 33.1 Å². The second kappa shape index (κ2) is 10.7. The zero-order valence-electron chi connectivity index (χ0n) is 21.4. The van der Waals surface area contributed by atoms with Crippen LogP contribution in [0.15, 0.2) is 21.9 Å². The highest BCUT2D eigenvalue weighted by atomic mass is 35.5. The molecule has 1 aromatic rings. The molecule has 2 aliphatic rings. The van der Waals surface area contributed by atoms with Crippen molar-refractivity contribution < 1.29 is 22.4 Å². The maximum absolute atomic E-state index is 12.6. The van der Waals surface area contributed by atoms with Crippen LogP contribution in [0, 0.1) is 0 Å². The third-order valence-electron chi connectivity index (χ3n) is 7.00. The summed E-state index contributed by atoms with van der Waals surface area (Å²) in [7, 11) is -5.63. The molecule has 3 rings (SSSR count). The van der Waals surface area contributed by atoms with Gasteiger partial charge < -0.3 is 22.4 Å². The van der Waals surface area contributed by atoms with Gasteiger partial charge in [0.2, 0.25) is 0 Å². The van der Waals surface area contributed by atoms with E-state index < -0.39 is 52.9 Å². The maximum atomic E-state index is 12.6. The van der Waals surface area contributed by atoms with Crippen molar-refractivity contribution >= 4 is 28.7 Å². The molecule has 0 aromatic carbocycles. The van der Waals surface area contributed by atoms with Crippen LogP contribution >= 0.6 is 11.6 Å². The van der Waals surface area contributed by atoms with E-state index in [2.05, 4.69) is 60.4 Å². The zero-order valence-corrected chi connectivity index (χ0v) is 24.1. The Kier molecular flexibility index (Phi) is 8.72. The monoisotopic (exact) mass is 534 g/mol. The minimum atomic E-state index is -2.90. The highest BCUT2D eigenvalue weighted by Crippen LogP contribution is 2.48. The first-order valence-electron chi connectivity index (χ1n) is 12.1. The topological polar surface area (TPSA) is 101 Å². The van der Waals surface area contributed by atoms with Crippen LogP contribution in [0.1, 0.15) is 61.6 Å². The summed E-state index contributed by atoms with van der Waals surface area (Å²) in [5.74, 6) is 0. The predicted molar refractivity (Wildman–Crippen MR) is 135 cm³/mol. The SMILES string of the molecule is CC(C)[Si]1(C(C)C)OC[C@H]2O[C@@H](n3ccc(=O)[nH]c3=O)[C@@H](OCCl)C2O[Si](C(C)C)(C(C)C)O1. The number of hydrogen-bond donors (Lipinski definition) is 1. The number of rotatable bonds is 7. The second-order valence-corrected chi connectivity index (χ2v) is 19.4. The van der Waals surface area contributed by atoms with E-state index in [0.29, 0.717) is 0 Å². The van der Waals surface area contributed by atoms with E-state index in [1.54, 1.807) is 0 Å². The third-order valence-corrected chi connectivity index (χ3v) is 17.4. The normalized spacial score (nSPS) is 29.0. The van der Waals surface area contributed by atoms with Crippen LogP contribution in [-0.2, 0) is 22.4 Å². The molecular formula is C22H39ClN2O7Si2. The highest BCUT2D eigenvalue weighted by Gasteiger charge is 2.62. The average Bonchev–Trinajstić information content (AvgIpc) is 3.04. The number of H-pyrrole nitrogens is 1. The van der Waals surface area contributed by atoms with E-state index >= 15 is 0 Å². The first-order chi connectivity index (χ1) is 15.9. The summed E-state index contributed by atoms with van der Waals surface area (Å²) in [4.78, 5) is 26.5. The molecule has 2 saturated heterocycles. The Morgan fingerprint density at radius 1 is 1.06 bits per heavy atom. The van der Waals surface area contributed by atoms with Crippen molar-refractivity contribution in [2.75, 3.05) is 12.7 Å². The van der Waals surface area contributed by atoms with Crippen molar-refractivity contribution in [1.29, 1.82) is 0 Å². The number of aromatic amines is 1. The van der Waals surface area contributed by atoms with Gasteiger partial charge in [-0.3, -0.25) is 14.3 Å². The van der Waals surface area contributed by atoms with Crippen molar-refractivity contribution in [1.82, 2.24) is 9.55 Å². The van der Waals surface area contributed by atoms with Gasteiger partial charge in [-0.05, 0) is 22.2 Å². The standard InChI is InChI=1S/C22H39ClN2O7Si2/c1-13(2)33(14(3)4)29-11-17-19(31-34(32-33,15(5)6)16(7)8)20(28-12-23)21(30-17)25-10-9-18(26)24-22(25)27/h9-10,13-17,19-21H,11-12H2,1-8H3,(H,24,26,27)/t17-,19?,20+,21-/m1/s1. The molecule has 2 fully saturated rings. The van der Waals surface area contributed by atoms with Gasteiger partial charge in [-0.15, -0.1) is 0 Å². The van der Waals surface area contributed by atoms with Gasteiger partial charge in [0.05, 0.1) is 6.61 Å². The predicted octanol–water partition coefficient (Wildman–Crippen LogP) is 3.97. The maximum Gasteiger partial charge on any atom is 0.335 e. The van der Waals surface area contributed by atoms with Crippen LogP contribution < -0.4 is 11.2 Å². The van der Waals surface area contributed by atoms with Crippen LogP contribution in [0.3, 0.4) is 0 Å². The largest absolute Gasteiger partial charge is 0.414 e. The molecule has 2 aliphatic heterocycles. The lowest BCUT2D eigenvalue weighted by molar-refractivity contribution is -0.0660. The Balaban J connectivity index is 2.13. The van der Waals surface area contributed by atoms with E-state index in [-0.39, 0.29) is 34.8 Å². The highest BCUT2D eigenvalue weighted by molar-refractivity contribution is 6.83. The lowest BCUT2D eigenvalue weighted by atomic mass is 10.1. The van der Waals surface area contributed by atoms with Gasteiger partial charge in [-0.25, -0.2) is 4.79 Å². The summed E-state index contributed by atoms with van der Waals surface area (Å²) < 4.78 is 34.6. The summed E-state index contributed by atoms with van der Waals surface area (Å²) in [5.41, 5.74) is -0.409. The summed E-state index contributed by atoms with van der Waals surface area (Å²) in [6.07, 6.45) is -1.15. The summed E-state index contributed by atoms with van der Waals surface area (Å²) >= 11 is 6.01. The van der Waals surface area contributed by atoms with Gasteiger partial charge in [0.25, 0.3) is 5.56 Å². The van der Waals surface area contributed by atoms with Crippen molar-refractivity contribution in [2.45, 2.75) is 102 Å². The fourth-order valence-electron chi connectivity index (χ4n) is 5.22.